The molecule has 0 aliphatic heterocycles. The van der Waals surface area contributed by atoms with Gasteiger partial charge in [0, 0.05) is 12.5 Å². The Morgan fingerprint density at radius 3 is 2.60 bits per heavy atom. The zero-order chi connectivity index (χ0) is 11.1. The van der Waals surface area contributed by atoms with Gasteiger partial charge in [0.15, 0.2) is 0 Å². The summed E-state index contributed by atoms with van der Waals surface area (Å²) < 4.78 is 2.17. The van der Waals surface area contributed by atoms with Crippen LogP contribution in [0, 0.1) is 0 Å². The van der Waals surface area contributed by atoms with Crippen molar-refractivity contribution in [3.05, 3.63) is 12.2 Å². The fourth-order valence-corrected chi connectivity index (χ4v) is 1.76. The summed E-state index contributed by atoms with van der Waals surface area (Å²) in [5, 5.41) is 8.14. The van der Waals surface area contributed by atoms with Crippen molar-refractivity contribution >= 4 is 0 Å². The van der Waals surface area contributed by atoms with Gasteiger partial charge < -0.3 is 4.57 Å². The zero-order valence-electron chi connectivity index (χ0n) is 10.2. The Kier molecular flexibility index (Phi) is 5.37. The summed E-state index contributed by atoms with van der Waals surface area (Å²) >= 11 is 0. The summed E-state index contributed by atoms with van der Waals surface area (Å²) in [6.07, 6.45) is 9.49. The molecule has 86 valence electrons. The number of aromatic nitrogens is 3. The highest BCUT2D eigenvalue weighted by molar-refractivity contribution is 4.87. The Bertz CT molecular complexity index is 266. The second-order valence-corrected chi connectivity index (χ2v) is 4.41. The lowest BCUT2D eigenvalue weighted by atomic mass is 10.1. The molecule has 0 aliphatic carbocycles. The predicted molar refractivity (Wildman–Crippen MR) is 62.9 cm³/mol. The van der Waals surface area contributed by atoms with Gasteiger partial charge in [-0.2, -0.15) is 0 Å². The number of hydrogen-bond acceptors (Lipinski definition) is 2. The highest BCUT2D eigenvalue weighted by Gasteiger charge is 2.06. The number of nitrogens with zero attached hydrogens (tertiary/aromatic N) is 3. The van der Waals surface area contributed by atoms with Gasteiger partial charge in [-0.25, -0.2) is 0 Å². The summed E-state index contributed by atoms with van der Waals surface area (Å²) in [5.41, 5.74) is 0. The van der Waals surface area contributed by atoms with Gasteiger partial charge in [-0.1, -0.05) is 32.6 Å². The second-order valence-electron chi connectivity index (χ2n) is 4.41. The Labute approximate surface area is 92.9 Å². The van der Waals surface area contributed by atoms with E-state index in [2.05, 4.69) is 35.5 Å². The molecule has 0 atom stereocenters. The van der Waals surface area contributed by atoms with Crippen LogP contribution in [0.4, 0.5) is 0 Å². The molecule has 15 heavy (non-hydrogen) atoms. The van der Waals surface area contributed by atoms with E-state index >= 15 is 0 Å². The summed E-state index contributed by atoms with van der Waals surface area (Å²) in [4.78, 5) is 0. The van der Waals surface area contributed by atoms with Gasteiger partial charge in [0.1, 0.15) is 12.2 Å². The maximum Gasteiger partial charge on any atom is 0.133 e. The molecule has 0 unspecified atom stereocenters. The molecule has 0 aliphatic rings. The molecule has 3 heteroatoms. The van der Waals surface area contributed by atoms with E-state index in [-0.39, 0.29) is 0 Å². The maximum absolute atomic E-state index is 4.17. The van der Waals surface area contributed by atoms with Gasteiger partial charge in [0.05, 0.1) is 0 Å². The molecule has 1 aromatic rings. The average Bonchev–Trinajstić information content (AvgIpc) is 2.66. The first-order valence-corrected chi connectivity index (χ1v) is 6.14. The molecular formula is C12H23N3. The maximum atomic E-state index is 4.17. The van der Waals surface area contributed by atoms with Crippen LogP contribution in [-0.4, -0.2) is 14.8 Å². The molecule has 1 heterocycles. The number of unbranched alkanes of at least 4 members (excludes halogenated alkanes) is 4. The summed E-state index contributed by atoms with van der Waals surface area (Å²) in [6.45, 7) is 6.59. The molecule has 0 N–H and O–H groups in total. The summed E-state index contributed by atoms with van der Waals surface area (Å²) in [6, 6.07) is 0.477. The van der Waals surface area contributed by atoms with Crippen LogP contribution in [0.1, 0.15) is 64.7 Å². The van der Waals surface area contributed by atoms with Gasteiger partial charge in [-0.05, 0) is 20.3 Å². The van der Waals surface area contributed by atoms with Gasteiger partial charge in [-0.15, -0.1) is 10.2 Å². The fraction of sp³-hybridized carbons (Fsp3) is 0.833. The minimum absolute atomic E-state index is 0.477. The lowest BCUT2D eigenvalue weighted by Gasteiger charge is -2.09. The van der Waals surface area contributed by atoms with E-state index in [4.69, 9.17) is 0 Å². The monoisotopic (exact) mass is 209 g/mol. The van der Waals surface area contributed by atoms with E-state index in [1.54, 1.807) is 0 Å². The van der Waals surface area contributed by atoms with Crippen molar-refractivity contribution in [2.75, 3.05) is 0 Å². The quantitative estimate of drug-likeness (QED) is 0.645. The van der Waals surface area contributed by atoms with Crippen molar-refractivity contribution in [3.63, 3.8) is 0 Å². The largest absolute Gasteiger partial charge is 0.315 e. The van der Waals surface area contributed by atoms with E-state index in [1.165, 1.54) is 32.1 Å². The van der Waals surface area contributed by atoms with Crippen molar-refractivity contribution in [1.29, 1.82) is 0 Å². The normalized spacial score (nSPS) is 11.2. The molecule has 0 saturated heterocycles. The molecule has 0 bridgehead atoms. The third kappa shape index (κ3) is 4.02. The van der Waals surface area contributed by atoms with Crippen molar-refractivity contribution in [2.24, 2.45) is 0 Å². The van der Waals surface area contributed by atoms with E-state index in [0.717, 1.165) is 12.2 Å². The topological polar surface area (TPSA) is 30.7 Å². The standard InChI is InChI=1S/C12H23N3/c1-4-5-6-7-8-9-12-14-13-10-15(12)11(2)3/h10-11H,4-9H2,1-3H3. The minimum Gasteiger partial charge on any atom is -0.315 e. The Morgan fingerprint density at radius 1 is 1.20 bits per heavy atom. The van der Waals surface area contributed by atoms with Crippen LogP contribution < -0.4 is 0 Å². The highest BCUT2D eigenvalue weighted by atomic mass is 15.3. The van der Waals surface area contributed by atoms with Crippen LogP contribution in [-0.2, 0) is 6.42 Å². The van der Waals surface area contributed by atoms with E-state index < -0.39 is 0 Å². The predicted octanol–water partition coefficient (Wildman–Crippen LogP) is 3.37. The molecular weight excluding hydrogens is 186 g/mol. The Balaban J connectivity index is 2.28. The first-order valence-electron chi connectivity index (χ1n) is 6.14. The smallest absolute Gasteiger partial charge is 0.133 e. The molecule has 3 nitrogen and oxygen atoms in total. The highest BCUT2D eigenvalue weighted by Crippen LogP contribution is 2.10. The molecule has 0 spiro atoms. The van der Waals surface area contributed by atoms with Gasteiger partial charge in [0.25, 0.3) is 0 Å². The van der Waals surface area contributed by atoms with E-state index in [0.29, 0.717) is 6.04 Å². The Morgan fingerprint density at radius 2 is 1.93 bits per heavy atom. The molecule has 1 rings (SSSR count). The first kappa shape index (κ1) is 12.2. The number of aryl methyl sites for hydroxylation is 1. The molecule has 1 aromatic heterocycles. The van der Waals surface area contributed by atoms with Crippen LogP contribution >= 0.6 is 0 Å². The van der Waals surface area contributed by atoms with Crippen molar-refractivity contribution < 1.29 is 0 Å². The van der Waals surface area contributed by atoms with E-state index in [9.17, 15) is 0 Å². The fourth-order valence-electron chi connectivity index (χ4n) is 1.76. The van der Waals surface area contributed by atoms with Crippen molar-refractivity contribution in [1.82, 2.24) is 14.8 Å². The van der Waals surface area contributed by atoms with Crippen LogP contribution in [0.2, 0.25) is 0 Å². The van der Waals surface area contributed by atoms with E-state index in [1.807, 2.05) is 6.33 Å². The second kappa shape index (κ2) is 6.59. The summed E-state index contributed by atoms with van der Waals surface area (Å²) in [7, 11) is 0. The van der Waals surface area contributed by atoms with Crippen molar-refractivity contribution in [3.8, 4) is 0 Å². The average molecular weight is 209 g/mol. The molecule has 0 saturated carbocycles. The number of hydrogen-bond donors (Lipinski definition) is 0. The van der Waals surface area contributed by atoms with Crippen LogP contribution in [0.3, 0.4) is 0 Å². The lowest BCUT2D eigenvalue weighted by Crippen LogP contribution is -2.05. The number of rotatable bonds is 7. The molecule has 0 aromatic carbocycles. The van der Waals surface area contributed by atoms with Crippen LogP contribution in [0.5, 0.6) is 0 Å². The van der Waals surface area contributed by atoms with Crippen molar-refractivity contribution in [2.45, 2.75) is 65.3 Å². The van der Waals surface area contributed by atoms with Crippen LogP contribution in [0.25, 0.3) is 0 Å². The SMILES string of the molecule is CCCCCCCc1nncn1C(C)C. The third-order valence-corrected chi connectivity index (χ3v) is 2.71. The third-order valence-electron chi connectivity index (χ3n) is 2.71. The van der Waals surface area contributed by atoms with Crippen LogP contribution in [0.15, 0.2) is 6.33 Å². The zero-order valence-corrected chi connectivity index (χ0v) is 10.2. The Hall–Kier alpha value is -0.860. The first-order chi connectivity index (χ1) is 7.25. The molecule has 0 radical (unpaired) electrons. The van der Waals surface area contributed by atoms with Gasteiger partial charge in [-0.3, -0.25) is 0 Å². The lowest BCUT2D eigenvalue weighted by molar-refractivity contribution is 0.547. The molecule has 0 amide bonds. The minimum atomic E-state index is 0.477. The molecule has 0 fully saturated rings. The van der Waals surface area contributed by atoms with Gasteiger partial charge >= 0.3 is 0 Å². The summed E-state index contributed by atoms with van der Waals surface area (Å²) in [5.74, 6) is 1.14. The van der Waals surface area contributed by atoms with Gasteiger partial charge in [0.2, 0.25) is 0 Å².